The molecule has 0 spiro atoms. The van der Waals surface area contributed by atoms with Gasteiger partial charge in [-0.2, -0.15) is 0 Å². The first-order valence-corrected chi connectivity index (χ1v) is 10.4. The fourth-order valence-corrected chi connectivity index (χ4v) is 4.23. The molecule has 1 atom stereocenters. The molecule has 1 saturated heterocycles. The van der Waals surface area contributed by atoms with Gasteiger partial charge in [0, 0.05) is 31.1 Å². The maximum Gasteiger partial charge on any atom is 0.235 e. The second kappa shape index (κ2) is 9.64. The molecule has 5 nitrogen and oxygen atoms in total. The van der Waals surface area contributed by atoms with Crippen LogP contribution in [-0.2, 0) is 16.0 Å². The summed E-state index contributed by atoms with van der Waals surface area (Å²) in [6.45, 7) is 4.28. The lowest BCUT2D eigenvalue weighted by Crippen LogP contribution is -2.52. The van der Waals surface area contributed by atoms with Crippen LogP contribution in [0.1, 0.15) is 12.5 Å². The van der Waals surface area contributed by atoms with E-state index in [0.717, 1.165) is 16.2 Å². The Labute approximate surface area is 170 Å². The molecule has 0 aromatic heterocycles. The van der Waals surface area contributed by atoms with Crippen molar-refractivity contribution in [1.82, 2.24) is 9.80 Å². The third kappa shape index (κ3) is 5.29. The summed E-state index contributed by atoms with van der Waals surface area (Å²) in [5.74, 6) is 0.978. The van der Waals surface area contributed by atoms with Crippen molar-refractivity contribution in [3.63, 3.8) is 0 Å². The van der Waals surface area contributed by atoms with Gasteiger partial charge in [0.1, 0.15) is 5.75 Å². The van der Waals surface area contributed by atoms with E-state index in [1.54, 1.807) is 18.9 Å². The van der Waals surface area contributed by atoms with Crippen LogP contribution < -0.4 is 4.74 Å². The second-order valence-electron chi connectivity index (χ2n) is 6.81. The summed E-state index contributed by atoms with van der Waals surface area (Å²) in [4.78, 5) is 30.1. The van der Waals surface area contributed by atoms with Gasteiger partial charge in [0.05, 0.1) is 18.8 Å². The quantitative estimate of drug-likeness (QED) is 0.702. The standard InChI is InChI=1S/C22H26N2O3S/c1-17(28-20-9-4-3-5-10-20)22(26)24-13-11-23(12-14-24)21(25)16-18-7-6-8-19(15-18)27-2/h3-10,15,17H,11-14,16H2,1-2H3. The Morgan fingerprint density at radius 2 is 1.68 bits per heavy atom. The van der Waals surface area contributed by atoms with Gasteiger partial charge in [0.25, 0.3) is 0 Å². The molecule has 1 heterocycles. The Morgan fingerprint density at radius 3 is 2.36 bits per heavy atom. The Balaban J connectivity index is 1.49. The number of amides is 2. The first-order valence-electron chi connectivity index (χ1n) is 9.48. The summed E-state index contributed by atoms with van der Waals surface area (Å²) in [5.41, 5.74) is 0.940. The van der Waals surface area contributed by atoms with Gasteiger partial charge < -0.3 is 14.5 Å². The first kappa shape index (κ1) is 20.3. The average Bonchev–Trinajstić information content (AvgIpc) is 2.74. The number of ether oxygens (including phenoxy) is 1. The van der Waals surface area contributed by atoms with Gasteiger partial charge in [-0.1, -0.05) is 30.3 Å². The normalized spacial score (nSPS) is 15.2. The van der Waals surface area contributed by atoms with Crippen LogP contribution in [0.25, 0.3) is 0 Å². The van der Waals surface area contributed by atoms with E-state index in [1.807, 2.05) is 71.3 Å². The SMILES string of the molecule is COc1cccc(CC(=O)N2CCN(C(=O)C(C)Sc3ccccc3)CC2)c1. The molecule has 0 saturated carbocycles. The van der Waals surface area contributed by atoms with Crippen LogP contribution in [0.15, 0.2) is 59.5 Å². The van der Waals surface area contributed by atoms with Crippen LogP contribution in [0.2, 0.25) is 0 Å². The van der Waals surface area contributed by atoms with E-state index in [1.165, 1.54) is 0 Å². The average molecular weight is 399 g/mol. The van der Waals surface area contributed by atoms with Crippen molar-refractivity contribution in [3.8, 4) is 5.75 Å². The minimum absolute atomic E-state index is 0.0899. The lowest BCUT2D eigenvalue weighted by molar-refractivity contribution is -0.138. The maximum atomic E-state index is 12.7. The van der Waals surface area contributed by atoms with E-state index in [4.69, 9.17) is 4.74 Å². The molecule has 1 fully saturated rings. The van der Waals surface area contributed by atoms with E-state index < -0.39 is 0 Å². The molecule has 0 aliphatic carbocycles. The van der Waals surface area contributed by atoms with E-state index in [9.17, 15) is 9.59 Å². The zero-order valence-corrected chi connectivity index (χ0v) is 17.2. The number of rotatable bonds is 6. The van der Waals surface area contributed by atoms with E-state index >= 15 is 0 Å². The Morgan fingerprint density at radius 1 is 1.00 bits per heavy atom. The van der Waals surface area contributed by atoms with E-state index in [0.29, 0.717) is 32.6 Å². The Kier molecular flexibility index (Phi) is 6.98. The van der Waals surface area contributed by atoms with Gasteiger partial charge in [0.2, 0.25) is 11.8 Å². The molecule has 0 N–H and O–H groups in total. The van der Waals surface area contributed by atoms with Crippen LogP contribution in [0.5, 0.6) is 5.75 Å². The molecule has 0 radical (unpaired) electrons. The molecular formula is C22H26N2O3S. The van der Waals surface area contributed by atoms with Gasteiger partial charge in [0.15, 0.2) is 0 Å². The highest BCUT2D eigenvalue weighted by Gasteiger charge is 2.27. The van der Waals surface area contributed by atoms with Crippen molar-refractivity contribution in [3.05, 3.63) is 60.2 Å². The number of methoxy groups -OCH3 is 1. The van der Waals surface area contributed by atoms with Crippen molar-refractivity contribution in [2.24, 2.45) is 0 Å². The third-order valence-corrected chi connectivity index (χ3v) is 5.94. The number of piperazine rings is 1. The molecule has 1 aliphatic heterocycles. The molecule has 2 amide bonds. The zero-order chi connectivity index (χ0) is 19.9. The van der Waals surface area contributed by atoms with Crippen LogP contribution in [0, 0.1) is 0 Å². The van der Waals surface area contributed by atoms with Crippen molar-refractivity contribution in [1.29, 1.82) is 0 Å². The molecule has 6 heteroatoms. The van der Waals surface area contributed by atoms with Gasteiger partial charge in [-0.25, -0.2) is 0 Å². The number of hydrogen-bond acceptors (Lipinski definition) is 4. The van der Waals surface area contributed by atoms with Gasteiger partial charge >= 0.3 is 0 Å². The summed E-state index contributed by atoms with van der Waals surface area (Å²) in [6.07, 6.45) is 0.353. The van der Waals surface area contributed by atoms with E-state index in [2.05, 4.69) is 0 Å². The van der Waals surface area contributed by atoms with Crippen molar-refractivity contribution < 1.29 is 14.3 Å². The first-order chi connectivity index (χ1) is 13.6. The predicted molar refractivity (Wildman–Crippen MR) is 112 cm³/mol. The predicted octanol–water partition coefficient (Wildman–Crippen LogP) is 3.09. The lowest BCUT2D eigenvalue weighted by atomic mass is 10.1. The number of carbonyl (C=O) groups excluding carboxylic acids is 2. The highest BCUT2D eigenvalue weighted by Crippen LogP contribution is 2.24. The Bertz CT molecular complexity index is 804. The Hall–Kier alpha value is -2.47. The number of carbonyl (C=O) groups is 2. The maximum absolute atomic E-state index is 12.7. The molecule has 1 unspecified atom stereocenters. The molecule has 3 rings (SSSR count). The molecule has 1 aliphatic rings. The van der Waals surface area contributed by atoms with Crippen molar-refractivity contribution >= 4 is 23.6 Å². The molecule has 148 valence electrons. The second-order valence-corrected chi connectivity index (χ2v) is 8.22. The summed E-state index contributed by atoms with van der Waals surface area (Å²) in [5, 5.41) is -0.138. The summed E-state index contributed by atoms with van der Waals surface area (Å²) in [7, 11) is 1.62. The molecule has 2 aromatic rings. The highest BCUT2D eigenvalue weighted by atomic mass is 32.2. The zero-order valence-electron chi connectivity index (χ0n) is 16.3. The largest absolute Gasteiger partial charge is 0.497 e. The van der Waals surface area contributed by atoms with Crippen LogP contribution in [0.4, 0.5) is 0 Å². The fraction of sp³-hybridized carbons (Fsp3) is 0.364. The summed E-state index contributed by atoms with van der Waals surface area (Å²) < 4.78 is 5.22. The molecule has 2 aromatic carbocycles. The van der Waals surface area contributed by atoms with Gasteiger partial charge in [-0.05, 0) is 36.8 Å². The van der Waals surface area contributed by atoms with Gasteiger partial charge in [-0.3, -0.25) is 9.59 Å². The fourth-order valence-electron chi connectivity index (χ4n) is 3.26. The summed E-state index contributed by atoms with van der Waals surface area (Å²) >= 11 is 1.57. The number of hydrogen-bond donors (Lipinski definition) is 0. The third-order valence-electron chi connectivity index (χ3n) is 4.84. The van der Waals surface area contributed by atoms with Crippen molar-refractivity contribution in [2.45, 2.75) is 23.5 Å². The van der Waals surface area contributed by atoms with Crippen LogP contribution in [-0.4, -0.2) is 60.2 Å². The van der Waals surface area contributed by atoms with Crippen LogP contribution in [0.3, 0.4) is 0 Å². The summed E-state index contributed by atoms with van der Waals surface area (Å²) in [6, 6.07) is 17.5. The lowest BCUT2D eigenvalue weighted by Gasteiger charge is -2.36. The van der Waals surface area contributed by atoms with Crippen LogP contribution >= 0.6 is 11.8 Å². The smallest absolute Gasteiger partial charge is 0.235 e. The molecule has 28 heavy (non-hydrogen) atoms. The minimum Gasteiger partial charge on any atom is -0.497 e. The number of thioether (sulfide) groups is 1. The monoisotopic (exact) mass is 398 g/mol. The molecular weight excluding hydrogens is 372 g/mol. The number of nitrogens with zero attached hydrogens (tertiary/aromatic N) is 2. The van der Waals surface area contributed by atoms with Crippen molar-refractivity contribution in [2.75, 3.05) is 33.3 Å². The molecule has 0 bridgehead atoms. The van der Waals surface area contributed by atoms with E-state index in [-0.39, 0.29) is 17.1 Å². The number of benzene rings is 2. The van der Waals surface area contributed by atoms with Gasteiger partial charge in [-0.15, -0.1) is 11.8 Å². The minimum atomic E-state index is -0.138. The highest BCUT2D eigenvalue weighted by molar-refractivity contribution is 8.00. The topological polar surface area (TPSA) is 49.9 Å².